The predicted molar refractivity (Wildman–Crippen MR) is 202 cm³/mol. The number of fused-ring (bicyclic) bond motifs is 6. The van der Waals surface area contributed by atoms with Crippen molar-refractivity contribution in [2.75, 3.05) is 0 Å². The van der Waals surface area contributed by atoms with Crippen LogP contribution in [-0.2, 0) is 0 Å². The third kappa shape index (κ3) is 4.31. The lowest BCUT2D eigenvalue weighted by atomic mass is 9.93. The van der Waals surface area contributed by atoms with Crippen LogP contribution in [0.25, 0.3) is 82.1 Å². The van der Waals surface area contributed by atoms with Crippen molar-refractivity contribution in [2.45, 2.75) is 0 Å². The number of hydrogen-bond donors (Lipinski definition) is 0. The summed E-state index contributed by atoms with van der Waals surface area (Å²) in [7, 11) is 0. The summed E-state index contributed by atoms with van der Waals surface area (Å²) in [5, 5.41) is 24.2. The minimum absolute atomic E-state index is 0.493. The van der Waals surface area contributed by atoms with Gasteiger partial charge in [-0.15, -0.1) is 0 Å². The number of nitrogens with zero attached hydrogens (tertiary/aromatic N) is 5. The predicted octanol–water partition coefficient (Wildman–Crippen LogP) is 11.5. The van der Waals surface area contributed by atoms with Crippen LogP contribution in [0.5, 0.6) is 0 Å². The van der Waals surface area contributed by atoms with E-state index in [-0.39, 0.29) is 0 Å². The summed E-state index contributed by atoms with van der Waals surface area (Å²) in [6, 6.07) is 55.7. The second-order valence-electron chi connectivity index (χ2n) is 12.3. The second-order valence-corrected chi connectivity index (χ2v) is 12.3. The van der Waals surface area contributed by atoms with E-state index in [4.69, 9.17) is 6.57 Å². The Labute approximate surface area is 288 Å². The van der Waals surface area contributed by atoms with Gasteiger partial charge in [0.2, 0.25) is 0 Å². The molecule has 9 aromatic rings. The summed E-state index contributed by atoms with van der Waals surface area (Å²) in [6.45, 7) is 7.91. The van der Waals surface area contributed by atoms with Crippen molar-refractivity contribution in [3.05, 3.63) is 174 Å². The number of nitriles is 2. The number of rotatable bonds is 4. The summed E-state index contributed by atoms with van der Waals surface area (Å²) >= 11 is 0. The van der Waals surface area contributed by atoms with E-state index in [1.165, 1.54) is 10.8 Å². The van der Waals surface area contributed by atoms with E-state index < -0.39 is 0 Å². The summed E-state index contributed by atoms with van der Waals surface area (Å²) in [6.07, 6.45) is 0. The van der Waals surface area contributed by atoms with Crippen LogP contribution in [0.2, 0.25) is 0 Å². The Morgan fingerprint density at radius 1 is 0.500 bits per heavy atom. The third-order valence-electron chi connectivity index (χ3n) is 9.60. The van der Waals surface area contributed by atoms with Crippen molar-refractivity contribution < 1.29 is 0 Å². The molecule has 0 fully saturated rings. The van der Waals surface area contributed by atoms with Gasteiger partial charge in [0.25, 0.3) is 0 Å². The highest BCUT2D eigenvalue weighted by atomic mass is 15.0. The lowest BCUT2D eigenvalue weighted by Crippen LogP contribution is -2.00. The van der Waals surface area contributed by atoms with Crippen LogP contribution in [0.1, 0.15) is 11.1 Å². The topological polar surface area (TPSA) is 61.8 Å². The Kier molecular flexibility index (Phi) is 6.56. The first-order valence-corrected chi connectivity index (χ1v) is 16.3. The third-order valence-corrected chi connectivity index (χ3v) is 9.60. The minimum atomic E-state index is 0.493. The Balaban J connectivity index is 1.31. The lowest BCUT2D eigenvalue weighted by molar-refractivity contribution is 1.18. The Morgan fingerprint density at radius 2 is 1.18 bits per heavy atom. The van der Waals surface area contributed by atoms with Crippen LogP contribution in [0.4, 0.5) is 5.69 Å². The summed E-state index contributed by atoms with van der Waals surface area (Å²) < 4.78 is 4.41. The molecule has 2 heterocycles. The maximum absolute atomic E-state index is 10.3. The molecule has 5 nitrogen and oxygen atoms in total. The van der Waals surface area contributed by atoms with E-state index in [0.29, 0.717) is 16.8 Å². The van der Waals surface area contributed by atoms with Gasteiger partial charge in [0.15, 0.2) is 5.69 Å². The van der Waals surface area contributed by atoms with E-state index in [1.807, 2.05) is 54.6 Å². The normalized spacial score (nSPS) is 11.1. The van der Waals surface area contributed by atoms with Crippen LogP contribution in [-0.4, -0.2) is 9.13 Å². The largest absolute Gasteiger partial charge is 0.309 e. The zero-order valence-electron chi connectivity index (χ0n) is 26.7. The van der Waals surface area contributed by atoms with Crippen molar-refractivity contribution in [3.8, 4) is 45.8 Å². The number of benzene rings is 7. The van der Waals surface area contributed by atoms with E-state index in [0.717, 1.165) is 66.5 Å². The van der Waals surface area contributed by atoms with Gasteiger partial charge in [-0.2, -0.15) is 10.5 Å². The zero-order chi connectivity index (χ0) is 33.8. The van der Waals surface area contributed by atoms with Gasteiger partial charge >= 0.3 is 0 Å². The fourth-order valence-electron chi connectivity index (χ4n) is 7.46. The molecule has 230 valence electrons. The quantitative estimate of drug-likeness (QED) is 0.181. The smallest absolute Gasteiger partial charge is 0.189 e. The Morgan fingerprint density at radius 3 is 1.92 bits per heavy atom. The first-order valence-electron chi connectivity index (χ1n) is 16.3. The van der Waals surface area contributed by atoms with Gasteiger partial charge in [-0.3, -0.25) is 0 Å². The van der Waals surface area contributed by atoms with Gasteiger partial charge in [-0.05, 0) is 71.3 Å². The average molecular weight is 636 g/mol. The van der Waals surface area contributed by atoms with E-state index in [9.17, 15) is 10.5 Å². The van der Waals surface area contributed by atoms with Crippen LogP contribution in [0, 0.1) is 29.2 Å². The molecule has 9 rings (SSSR count). The van der Waals surface area contributed by atoms with Crippen LogP contribution >= 0.6 is 0 Å². The van der Waals surface area contributed by atoms with Gasteiger partial charge in [-0.1, -0.05) is 97.1 Å². The molecule has 5 heteroatoms. The van der Waals surface area contributed by atoms with E-state index >= 15 is 0 Å². The van der Waals surface area contributed by atoms with E-state index in [1.54, 1.807) is 6.07 Å². The number of para-hydroxylation sites is 3. The van der Waals surface area contributed by atoms with Gasteiger partial charge in [0.1, 0.15) is 6.07 Å². The number of aromatic nitrogens is 2. The molecule has 50 heavy (non-hydrogen) atoms. The molecule has 0 unspecified atom stereocenters. The van der Waals surface area contributed by atoms with Crippen LogP contribution in [0.3, 0.4) is 0 Å². The minimum Gasteiger partial charge on any atom is -0.309 e. The molecular weight excluding hydrogens is 611 g/mol. The fraction of sp³-hybridized carbons (Fsp3) is 0. The molecule has 7 aromatic carbocycles. The maximum atomic E-state index is 10.3. The molecule has 0 spiro atoms. The molecular formula is C45H25N5. The summed E-state index contributed by atoms with van der Waals surface area (Å²) in [5.74, 6) is 0. The Bertz CT molecular complexity index is 2920. The molecule has 0 amide bonds. The van der Waals surface area contributed by atoms with Crippen LogP contribution in [0.15, 0.2) is 152 Å². The van der Waals surface area contributed by atoms with Crippen molar-refractivity contribution >= 4 is 49.3 Å². The van der Waals surface area contributed by atoms with Crippen molar-refractivity contribution in [1.29, 1.82) is 10.5 Å². The molecule has 0 bridgehead atoms. The van der Waals surface area contributed by atoms with Crippen molar-refractivity contribution in [1.82, 2.24) is 9.13 Å². The molecule has 0 aliphatic carbocycles. The first-order chi connectivity index (χ1) is 24.7. The lowest BCUT2D eigenvalue weighted by Gasteiger charge is -2.18. The zero-order valence-corrected chi connectivity index (χ0v) is 26.7. The van der Waals surface area contributed by atoms with Gasteiger partial charge in [0, 0.05) is 38.5 Å². The first kappa shape index (κ1) is 28.8. The molecule has 0 atom stereocenters. The van der Waals surface area contributed by atoms with Gasteiger partial charge < -0.3 is 9.13 Å². The molecule has 0 saturated heterocycles. The standard InChI is InChI=1S/C45H25N5/c1-48-32-21-22-38(44(26-32)50-43-23-20-29(27-46)24-40(43)39-17-9-11-31(28-47)45(39)50)35-14-3-2-13-34(35)30-10-8-12-33(25-30)49-41-18-6-4-15-36(41)37-16-5-7-19-42(37)49/h2-26H. The summed E-state index contributed by atoms with van der Waals surface area (Å²) in [5.41, 5.74) is 11.3. The van der Waals surface area contributed by atoms with Crippen LogP contribution < -0.4 is 0 Å². The number of hydrogen-bond acceptors (Lipinski definition) is 2. The molecule has 0 aliphatic heterocycles. The highest BCUT2D eigenvalue weighted by Gasteiger charge is 2.21. The molecule has 2 aromatic heterocycles. The fourth-order valence-corrected chi connectivity index (χ4v) is 7.46. The maximum Gasteiger partial charge on any atom is 0.189 e. The molecule has 0 saturated carbocycles. The van der Waals surface area contributed by atoms with Crippen molar-refractivity contribution in [2.24, 2.45) is 0 Å². The van der Waals surface area contributed by atoms with Gasteiger partial charge in [0.05, 0.1) is 45.8 Å². The second kappa shape index (κ2) is 11.4. The Hall–Kier alpha value is -7.39. The SMILES string of the molecule is [C-]#[N+]c1ccc(-c2ccccc2-c2cccc(-n3c4ccccc4c4ccccc43)c2)c(-n2c3ccc(C#N)cc3c3cccc(C#N)c32)c1. The molecule has 0 aliphatic rings. The molecule has 0 N–H and O–H groups in total. The van der Waals surface area contributed by atoms with Crippen molar-refractivity contribution in [3.63, 3.8) is 0 Å². The van der Waals surface area contributed by atoms with Gasteiger partial charge in [-0.25, -0.2) is 4.85 Å². The summed E-state index contributed by atoms with van der Waals surface area (Å²) in [4.78, 5) is 3.80. The monoisotopic (exact) mass is 635 g/mol. The average Bonchev–Trinajstić information content (AvgIpc) is 3.70. The van der Waals surface area contributed by atoms with E-state index in [2.05, 4.69) is 117 Å². The molecule has 0 radical (unpaired) electrons. The highest BCUT2D eigenvalue weighted by molar-refractivity contribution is 6.12. The highest BCUT2D eigenvalue weighted by Crippen LogP contribution is 2.42.